The van der Waals surface area contributed by atoms with E-state index < -0.39 is 0 Å². The van der Waals surface area contributed by atoms with Crippen LogP contribution in [-0.2, 0) is 6.54 Å². The molecule has 1 N–H and O–H groups in total. The van der Waals surface area contributed by atoms with E-state index in [1.807, 2.05) is 42.5 Å². The zero-order chi connectivity index (χ0) is 14.4. The maximum Gasteiger partial charge on any atom is 0.123 e. The van der Waals surface area contributed by atoms with Gasteiger partial charge < -0.3 is 10.1 Å². The molecule has 2 rings (SSSR count). The predicted octanol–water partition coefficient (Wildman–Crippen LogP) is 3.42. The predicted molar refractivity (Wildman–Crippen MR) is 79.4 cm³/mol. The zero-order valence-electron chi connectivity index (χ0n) is 11.8. The number of hydrogen-bond donors (Lipinski definition) is 1. The monoisotopic (exact) mass is 266 g/mol. The first-order valence-electron chi connectivity index (χ1n) is 6.60. The number of hydrogen-bond acceptors (Lipinski definition) is 3. The van der Waals surface area contributed by atoms with Gasteiger partial charge in [0.25, 0.3) is 0 Å². The lowest BCUT2D eigenvalue weighted by Crippen LogP contribution is -2.18. The van der Waals surface area contributed by atoms with Gasteiger partial charge in [-0.15, -0.1) is 0 Å². The first-order chi connectivity index (χ1) is 9.74. The van der Waals surface area contributed by atoms with Crippen LogP contribution in [0.5, 0.6) is 5.75 Å². The summed E-state index contributed by atoms with van der Waals surface area (Å²) in [5.74, 6) is 0.895. The molecule has 2 aromatic rings. The fourth-order valence-corrected chi connectivity index (χ4v) is 2.08. The van der Waals surface area contributed by atoms with Crippen molar-refractivity contribution in [2.45, 2.75) is 19.5 Å². The summed E-state index contributed by atoms with van der Waals surface area (Å²) in [6.07, 6.45) is 0. The largest absolute Gasteiger partial charge is 0.496 e. The van der Waals surface area contributed by atoms with Gasteiger partial charge in [-0.1, -0.05) is 30.3 Å². The number of methoxy groups -OCH3 is 1. The van der Waals surface area contributed by atoms with Crippen LogP contribution in [0.2, 0.25) is 0 Å². The molecule has 0 fully saturated rings. The molecular weight excluding hydrogens is 248 g/mol. The van der Waals surface area contributed by atoms with Crippen LogP contribution in [0.3, 0.4) is 0 Å². The normalized spacial score (nSPS) is 11.7. The van der Waals surface area contributed by atoms with Crippen LogP contribution in [0.1, 0.15) is 29.7 Å². The van der Waals surface area contributed by atoms with Crippen molar-refractivity contribution in [3.8, 4) is 11.8 Å². The van der Waals surface area contributed by atoms with E-state index in [2.05, 4.69) is 24.4 Å². The molecule has 0 aliphatic carbocycles. The molecule has 0 aliphatic rings. The second-order valence-electron chi connectivity index (χ2n) is 4.65. The molecule has 0 aromatic heterocycles. The minimum atomic E-state index is 0.215. The van der Waals surface area contributed by atoms with Crippen molar-refractivity contribution in [1.29, 1.82) is 5.26 Å². The van der Waals surface area contributed by atoms with Crippen LogP contribution in [0, 0.1) is 11.3 Å². The molecule has 1 atom stereocenters. The highest BCUT2D eigenvalue weighted by Gasteiger charge is 2.07. The van der Waals surface area contributed by atoms with Gasteiger partial charge in [-0.3, -0.25) is 0 Å². The van der Waals surface area contributed by atoms with E-state index in [9.17, 15) is 0 Å². The minimum Gasteiger partial charge on any atom is -0.496 e. The molecule has 0 unspecified atom stereocenters. The van der Waals surface area contributed by atoms with Crippen molar-refractivity contribution in [2.75, 3.05) is 7.11 Å². The van der Waals surface area contributed by atoms with Crippen LogP contribution in [-0.4, -0.2) is 7.11 Å². The van der Waals surface area contributed by atoms with Gasteiger partial charge in [0.1, 0.15) is 5.75 Å². The maximum atomic E-state index is 8.80. The highest BCUT2D eigenvalue weighted by atomic mass is 16.5. The van der Waals surface area contributed by atoms with Crippen LogP contribution < -0.4 is 10.1 Å². The number of ether oxygens (including phenoxy) is 1. The lowest BCUT2D eigenvalue weighted by Gasteiger charge is -2.15. The van der Waals surface area contributed by atoms with Gasteiger partial charge in [0.2, 0.25) is 0 Å². The Hall–Kier alpha value is -2.31. The van der Waals surface area contributed by atoms with E-state index in [1.165, 1.54) is 5.56 Å². The standard InChI is InChI=1S/C17H18N2O/c1-13(15-9-7-14(11-18)8-10-15)19-12-16-5-3-4-6-17(16)20-2/h3-10,13,19H,12H2,1-2H3/t13-/m1/s1. The molecule has 20 heavy (non-hydrogen) atoms. The van der Waals surface area contributed by atoms with E-state index in [4.69, 9.17) is 10.00 Å². The second-order valence-corrected chi connectivity index (χ2v) is 4.65. The van der Waals surface area contributed by atoms with Crippen molar-refractivity contribution in [3.63, 3.8) is 0 Å². The van der Waals surface area contributed by atoms with Gasteiger partial charge in [0.15, 0.2) is 0 Å². The molecule has 2 aromatic carbocycles. The number of para-hydroxylation sites is 1. The van der Waals surface area contributed by atoms with Crippen LogP contribution in [0.4, 0.5) is 0 Å². The number of nitriles is 1. The van der Waals surface area contributed by atoms with Crippen molar-refractivity contribution >= 4 is 0 Å². The molecule has 0 heterocycles. The molecule has 0 amide bonds. The summed E-state index contributed by atoms with van der Waals surface area (Å²) in [7, 11) is 1.68. The Morgan fingerprint density at radius 3 is 2.50 bits per heavy atom. The number of rotatable bonds is 5. The van der Waals surface area contributed by atoms with E-state index in [-0.39, 0.29) is 6.04 Å². The Morgan fingerprint density at radius 1 is 1.15 bits per heavy atom. The zero-order valence-corrected chi connectivity index (χ0v) is 11.8. The van der Waals surface area contributed by atoms with Crippen LogP contribution in [0.15, 0.2) is 48.5 Å². The number of nitrogens with zero attached hydrogens (tertiary/aromatic N) is 1. The van der Waals surface area contributed by atoms with Crippen molar-refractivity contribution in [2.24, 2.45) is 0 Å². The smallest absolute Gasteiger partial charge is 0.123 e. The molecular formula is C17H18N2O. The first kappa shape index (κ1) is 14.1. The molecule has 0 bridgehead atoms. The van der Waals surface area contributed by atoms with Gasteiger partial charge in [-0.25, -0.2) is 0 Å². The SMILES string of the molecule is COc1ccccc1CN[C@H](C)c1ccc(C#N)cc1. The van der Waals surface area contributed by atoms with Gasteiger partial charge in [0, 0.05) is 18.2 Å². The molecule has 102 valence electrons. The summed E-state index contributed by atoms with van der Waals surface area (Å²) < 4.78 is 5.34. The minimum absolute atomic E-state index is 0.215. The molecule has 0 spiro atoms. The number of benzene rings is 2. The van der Waals surface area contributed by atoms with Gasteiger partial charge >= 0.3 is 0 Å². The van der Waals surface area contributed by atoms with Gasteiger partial charge in [-0.2, -0.15) is 5.26 Å². The summed E-state index contributed by atoms with van der Waals surface area (Å²) in [6.45, 7) is 2.85. The quantitative estimate of drug-likeness (QED) is 0.902. The average Bonchev–Trinajstić information content (AvgIpc) is 2.53. The maximum absolute atomic E-state index is 8.80. The summed E-state index contributed by atoms with van der Waals surface area (Å²) in [5.41, 5.74) is 2.99. The van der Waals surface area contributed by atoms with Crippen molar-refractivity contribution in [1.82, 2.24) is 5.32 Å². The molecule has 3 nitrogen and oxygen atoms in total. The van der Waals surface area contributed by atoms with Crippen LogP contribution in [0.25, 0.3) is 0 Å². The summed E-state index contributed by atoms with van der Waals surface area (Å²) in [4.78, 5) is 0. The Labute approximate surface area is 119 Å². The Kier molecular flexibility index (Phi) is 4.75. The van der Waals surface area contributed by atoms with E-state index in [1.54, 1.807) is 7.11 Å². The average molecular weight is 266 g/mol. The summed E-state index contributed by atoms with van der Waals surface area (Å²) in [6, 6.07) is 18.0. The van der Waals surface area contributed by atoms with E-state index in [0.717, 1.165) is 17.9 Å². The highest BCUT2D eigenvalue weighted by molar-refractivity contribution is 5.34. The Morgan fingerprint density at radius 2 is 1.85 bits per heavy atom. The summed E-state index contributed by atoms with van der Waals surface area (Å²) >= 11 is 0. The fourth-order valence-electron chi connectivity index (χ4n) is 2.08. The molecule has 0 aliphatic heterocycles. The van der Waals surface area contributed by atoms with Crippen LogP contribution >= 0.6 is 0 Å². The third-order valence-corrected chi connectivity index (χ3v) is 3.33. The first-order valence-corrected chi connectivity index (χ1v) is 6.60. The molecule has 3 heteroatoms. The molecule has 0 radical (unpaired) electrons. The summed E-state index contributed by atoms with van der Waals surface area (Å²) in [5, 5.41) is 12.3. The number of nitrogens with one attached hydrogen (secondary N) is 1. The van der Waals surface area contributed by atoms with E-state index in [0.29, 0.717) is 5.56 Å². The third kappa shape index (κ3) is 3.37. The lowest BCUT2D eigenvalue weighted by molar-refractivity contribution is 0.406. The third-order valence-electron chi connectivity index (χ3n) is 3.33. The highest BCUT2D eigenvalue weighted by Crippen LogP contribution is 2.19. The van der Waals surface area contributed by atoms with Gasteiger partial charge in [-0.05, 0) is 30.7 Å². The van der Waals surface area contributed by atoms with Gasteiger partial charge in [0.05, 0.1) is 18.7 Å². The fraction of sp³-hybridized carbons (Fsp3) is 0.235. The Bertz CT molecular complexity index is 599. The Balaban J connectivity index is 2.01. The van der Waals surface area contributed by atoms with Crippen molar-refractivity contribution in [3.05, 3.63) is 65.2 Å². The van der Waals surface area contributed by atoms with E-state index >= 15 is 0 Å². The molecule has 0 saturated heterocycles. The van der Waals surface area contributed by atoms with Crippen molar-refractivity contribution < 1.29 is 4.74 Å². The second kappa shape index (κ2) is 6.74. The lowest BCUT2D eigenvalue weighted by atomic mass is 10.1. The topological polar surface area (TPSA) is 45.0 Å². The molecule has 0 saturated carbocycles.